The van der Waals surface area contributed by atoms with Crippen LogP contribution in [0.15, 0.2) is 18.2 Å². The Labute approximate surface area is 174 Å². The molecule has 0 aromatic heterocycles. The number of nitrogens with zero attached hydrogens (tertiary/aromatic N) is 1. The molecule has 0 unspecified atom stereocenters. The normalized spacial score (nSPS) is 28.8. The van der Waals surface area contributed by atoms with Gasteiger partial charge in [0, 0.05) is 24.2 Å². The summed E-state index contributed by atoms with van der Waals surface area (Å²) in [5, 5.41) is 7.43. The van der Waals surface area contributed by atoms with E-state index in [1.807, 2.05) is 19.1 Å². The van der Waals surface area contributed by atoms with Crippen molar-refractivity contribution >= 4 is 28.9 Å². The fraction of sp³-hybridized carbons (Fsp3) is 0.696. The Morgan fingerprint density at radius 3 is 2.61 bits per heavy atom. The van der Waals surface area contributed by atoms with E-state index in [0.717, 1.165) is 36.3 Å². The molecule has 1 aromatic carbocycles. The minimum absolute atomic E-state index is 0.0832. The Balaban J connectivity index is 1.39. The van der Waals surface area contributed by atoms with Crippen LogP contribution in [0.1, 0.15) is 58.8 Å². The largest absolute Gasteiger partial charge is 0.372 e. The van der Waals surface area contributed by atoms with E-state index in [2.05, 4.69) is 28.5 Å². The summed E-state index contributed by atoms with van der Waals surface area (Å²) in [5.41, 5.74) is 2.12. The van der Waals surface area contributed by atoms with Gasteiger partial charge in [-0.15, -0.1) is 0 Å². The first kappa shape index (κ1) is 19.9. The number of carbonyl (C=O) groups excluding carboxylic acids is 1. The van der Waals surface area contributed by atoms with Crippen molar-refractivity contribution in [2.45, 2.75) is 70.9 Å². The molecule has 28 heavy (non-hydrogen) atoms. The van der Waals surface area contributed by atoms with Crippen molar-refractivity contribution in [2.75, 3.05) is 23.3 Å². The van der Waals surface area contributed by atoms with Crippen LogP contribution in [0.25, 0.3) is 0 Å². The van der Waals surface area contributed by atoms with Crippen molar-refractivity contribution in [3.63, 3.8) is 0 Å². The van der Waals surface area contributed by atoms with Gasteiger partial charge in [-0.2, -0.15) is 0 Å². The fourth-order valence-electron chi connectivity index (χ4n) is 5.70. The topological polar surface area (TPSA) is 44.4 Å². The van der Waals surface area contributed by atoms with E-state index in [9.17, 15) is 4.79 Å². The average Bonchev–Trinajstić information content (AvgIpc) is 3.32. The molecule has 4 rings (SSSR count). The van der Waals surface area contributed by atoms with Gasteiger partial charge in [-0.3, -0.25) is 4.79 Å². The molecule has 1 saturated heterocycles. The zero-order valence-corrected chi connectivity index (χ0v) is 18.0. The van der Waals surface area contributed by atoms with E-state index >= 15 is 0 Å². The molecule has 154 valence electrons. The van der Waals surface area contributed by atoms with Crippen LogP contribution in [0.2, 0.25) is 5.02 Å². The fourth-order valence-corrected chi connectivity index (χ4v) is 5.87. The number of nitrogens with one attached hydrogen (secondary N) is 2. The number of halogens is 1. The number of anilines is 2. The quantitative estimate of drug-likeness (QED) is 0.696. The van der Waals surface area contributed by atoms with Crippen molar-refractivity contribution in [2.24, 2.45) is 17.8 Å². The van der Waals surface area contributed by atoms with Crippen LogP contribution in [-0.4, -0.2) is 31.1 Å². The van der Waals surface area contributed by atoms with Crippen LogP contribution in [0.3, 0.4) is 0 Å². The Morgan fingerprint density at radius 2 is 1.93 bits per heavy atom. The summed E-state index contributed by atoms with van der Waals surface area (Å²) in [6, 6.07) is 5.95. The molecule has 3 aliphatic rings. The summed E-state index contributed by atoms with van der Waals surface area (Å²) in [7, 11) is 0. The molecule has 4 nitrogen and oxygen atoms in total. The molecule has 5 atom stereocenters. The van der Waals surface area contributed by atoms with Crippen molar-refractivity contribution in [1.82, 2.24) is 5.32 Å². The molecular weight excluding hydrogens is 370 g/mol. The molecule has 2 bridgehead atoms. The number of piperidine rings is 1. The van der Waals surface area contributed by atoms with E-state index in [0.29, 0.717) is 10.9 Å². The summed E-state index contributed by atoms with van der Waals surface area (Å²) in [5.74, 6) is 2.47. The van der Waals surface area contributed by atoms with Crippen molar-refractivity contribution in [3.8, 4) is 0 Å². The highest BCUT2D eigenvalue weighted by molar-refractivity contribution is 6.31. The van der Waals surface area contributed by atoms with Gasteiger partial charge in [0.25, 0.3) is 0 Å². The van der Waals surface area contributed by atoms with Gasteiger partial charge in [0.1, 0.15) is 6.04 Å². The van der Waals surface area contributed by atoms with Gasteiger partial charge in [0.2, 0.25) is 5.91 Å². The lowest BCUT2D eigenvalue weighted by atomic mass is 9.84. The second-order valence-electron chi connectivity index (χ2n) is 9.21. The number of fused-ring (bicyclic) bond motifs is 2. The zero-order chi connectivity index (χ0) is 19.7. The summed E-state index contributed by atoms with van der Waals surface area (Å²) >= 11 is 6.27. The Morgan fingerprint density at radius 1 is 1.14 bits per heavy atom. The minimum atomic E-state index is -0.289. The maximum Gasteiger partial charge on any atom is 0.242 e. The van der Waals surface area contributed by atoms with Crippen molar-refractivity contribution in [3.05, 3.63) is 23.2 Å². The number of hydrogen-bond acceptors (Lipinski definition) is 3. The molecule has 5 heteroatoms. The zero-order valence-electron chi connectivity index (χ0n) is 17.2. The second-order valence-corrected chi connectivity index (χ2v) is 9.65. The summed E-state index contributed by atoms with van der Waals surface area (Å²) in [4.78, 5) is 15.3. The van der Waals surface area contributed by atoms with Crippen LogP contribution < -0.4 is 15.5 Å². The molecule has 2 saturated carbocycles. The summed E-state index contributed by atoms with van der Waals surface area (Å²) in [6.07, 6.45) is 9.16. The maximum atomic E-state index is 12.9. The number of amides is 1. The predicted molar refractivity (Wildman–Crippen MR) is 117 cm³/mol. The molecule has 0 spiro atoms. The molecule has 1 amide bonds. The van der Waals surface area contributed by atoms with Crippen LogP contribution in [0.5, 0.6) is 0 Å². The summed E-state index contributed by atoms with van der Waals surface area (Å²) in [6.45, 7) is 6.27. The second kappa shape index (κ2) is 8.52. The average molecular weight is 404 g/mol. The first-order chi connectivity index (χ1) is 13.5. The monoisotopic (exact) mass is 403 g/mol. The van der Waals surface area contributed by atoms with Gasteiger partial charge in [0.05, 0.1) is 11.4 Å². The smallest absolute Gasteiger partial charge is 0.242 e. The molecule has 2 aliphatic carbocycles. The van der Waals surface area contributed by atoms with Gasteiger partial charge in [-0.1, -0.05) is 18.0 Å². The highest BCUT2D eigenvalue weighted by atomic mass is 35.5. The highest BCUT2D eigenvalue weighted by Crippen LogP contribution is 2.49. The third-order valence-corrected chi connectivity index (χ3v) is 7.46. The molecular formula is C23H34ClN3O. The molecule has 0 radical (unpaired) electrons. The maximum absolute atomic E-state index is 12.9. The van der Waals surface area contributed by atoms with E-state index in [1.165, 1.54) is 44.9 Å². The number of carbonyl (C=O) groups is 1. The first-order valence-corrected chi connectivity index (χ1v) is 11.5. The van der Waals surface area contributed by atoms with E-state index in [1.54, 1.807) is 0 Å². The lowest BCUT2D eigenvalue weighted by molar-refractivity contribution is -0.122. The first-order valence-electron chi connectivity index (χ1n) is 11.1. The van der Waals surface area contributed by atoms with Crippen LogP contribution in [0.4, 0.5) is 11.4 Å². The van der Waals surface area contributed by atoms with E-state index < -0.39 is 0 Å². The summed E-state index contributed by atoms with van der Waals surface area (Å²) < 4.78 is 0. The van der Waals surface area contributed by atoms with Gasteiger partial charge in [0.15, 0.2) is 0 Å². The minimum Gasteiger partial charge on any atom is -0.372 e. The van der Waals surface area contributed by atoms with Gasteiger partial charge in [-0.05, 0) is 88.3 Å². The lowest BCUT2D eigenvalue weighted by Crippen LogP contribution is -2.46. The van der Waals surface area contributed by atoms with Crippen LogP contribution in [0, 0.1) is 17.8 Å². The van der Waals surface area contributed by atoms with Gasteiger partial charge < -0.3 is 15.5 Å². The lowest BCUT2D eigenvalue weighted by Gasteiger charge is -2.32. The highest BCUT2D eigenvalue weighted by Gasteiger charge is 2.42. The molecule has 2 N–H and O–H groups in total. The van der Waals surface area contributed by atoms with Crippen molar-refractivity contribution in [1.29, 1.82) is 0 Å². The third kappa shape index (κ3) is 4.27. The molecule has 1 aliphatic heterocycles. The molecule has 1 aromatic rings. The number of rotatable bonds is 6. The van der Waals surface area contributed by atoms with Crippen molar-refractivity contribution < 1.29 is 4.79 Å². The Bertz CT molecular complexity index is 703. The Hall–Kier alpha value is -1.42. The van der Waals surface area contributed by atoms with Crippen LogP contribution >= 0.6 is 11.6 Å². The van der Waals surface area contributed by atoms with Gasteiger partial charge in [-0.25, -0.2) is 0 Å². The van der Waals surface area contributed by atoms with E-state index in [4.69, 9.17) is 11.6 Å². The molecule has 1 heterocycles. The SMILES string of the molecule is C[C@H](Nc1cc(Cl)ccc1N1CCCCC1)C(=O)N[C@H](C)[C@@H]1C[C@H]2CC[C@H]1C2. The Kier molecular flexibility index (Phi) is 6.05. The molecule has 3 fully saturated rings. The van der Waals surface area contributed by atoms with Gasteiger partial charge >= 0.3 is 0 Å². The predicted octanol–water partition coefficient (Wildman–Crippen LogP) is 5.07. The third-order valence-electron chi connectivity index (χ3n) is 7.23. The number of benzene rings is 1. The van der Waals surface area contributed by atoms with Crippen LogP contribution in [-0.2, 0) is 4.79 Å². The number of hydrogen-bond donors (Lipinski definition) is 2. The standard InChI is InChI=1S/C23H34ClN3O/c1-15(20-13-17-6-7-18(20)12-17)26-23(28)16(2)25-21-14-19(24)8-9-22(21)27-10-4-3-5-11-27/h8-9,14-18,20,25H,3-7,10-13H2,1-2H3,(H,26,28)/t15-,16+,17+,18+,20+/m1/s1. The van der Waals surface area contributed by atoms with E-state index in [-0.39, 0.29) is 18.0 Å².